The van der Waals surface area contributed by atoms with Crippen LogP contribution in [0.5, 0.6) is 0 Å². The van der Waals surface area contributed by atoms with Gasteiger partial charge in [-0.2, -0.15) is 0 Å². The van der Waals surface area contributed by atoms with Crippen molar-refractivity contribution in [3.05, 3.63) is 23.8 Å². The van der Waals surface area contributed by atoms with Crippen LogP contribution in [0.4, 0.5) is 0 Å². The molecule has 0 N–H and O–H groups in total. The molecule has 0 radical (unpaired) electrons. The number of hydrogen-bond donors (Lipinski definition) is 0. The van der Waals surface area contributed by atoms with Gasteiger partial charge in [-0.05, 0) is 25.7 Å². The van der Waals surface area contributed by atoms with Crippen LogP contribution in [0, 0.1) is 5.92 Å². The maximum absolute atomic E-state index is 2.29. The third-order valence-electron chi connectivity index (χ3n) is 2.09. The summed E-state index contributed by atoms with van der Waals surface area (Å²) in [7, 11) is 0. The Morgan fingerprint density at radius 3 is 2.33 bits per heavy atom. The molecule has 0 aromatic heterocycles. The van der Waals surface area contributed by atoms with E-state index in [1.165, 1.54) is 12.8 Å². The van der Waals surface area contributed by atoms with E-state index in [4.69, 9.17) is 0 Å². The van der Waals surface area contributed by atoms with Crippen LogP contribution in [0.3, 0.4) is 0 Å². The van der Waals surface area contributed by atoms with Gasteiger partial charge in [0.2, 0.25) is 0 Å². The van der Waals surface area contributed by atoms with Crippen molar-refractivity contribution in [1.82, 2.24) is 0 Å². The zero-order chi connectivity index (χ0) is 9.40. The summed E-state index contributed by atoms with van der Waals surface area (Å²) in [5.74, 6) is 0.696. The van der Waals surface area contributed by atoms with Crippen LogP contribution >= 0.6 is 0 Å². The predicted molar refractivity (Wildman–Crippen MR) is 57.3 cm³/mol. The molecule has 0 unspecified atom stereocenters. The Bertz CT molecular complexity index is 149. The first-order chi connectivity index (χ1) is 5.72. The highest BCUT2D eigenvalue weighted by Gasteiger charge is 1.97. The minimum absolute atomic E-state index is 0.696. The fourth-order valence-electron chi connectivity index (χ4n) is 1.19. The Morgan fingerprint density at radius 1 is 1.25 bits per heavy atom. The van der Waals surface area contributed by atoms with E-state index >= 15 is 0 Å². The van der Waals surface area contributed by atoms with E-state index in [1.54, 1.807) is 5.57 Å². The van der Waals surface area contributed by atoms with Crippen LogP contribution in [0.1, 0.15) is 47.0 Å². The molecule has 0 heteroatoms. The highest BCUT2D eigenvalue weighted by molar-refractivity contribution is 5.08. The summed E-state index contributed by atoms with van der Waals surface area (Å²) in [5, 5.41) is 0. The lowest BCUT2D eigenvalue weighted by Crippen LogP contribution is -1.91. The van der Waals surface area contributed by atoms with Gasteiger partial charge in [-0.3, -0.25) is 0 Å². The Kier molecular flexibility index (Phi) is 6.84. The molecule has 0 atom stereocenters. The Hall–Kier alpha value is -0.520. The molecule has 0 bridgehead atoms. The quantitative estimate of drug-likeness (QED) is 0.533. The molecule has 0 aliphatic heterocycles. The van der Waals surface area contributed by atoms with Crippen LogP contribution in [-0.4, -0.2) is 0 Å². The van der Waals surface area contributed by atoms with Gasteiger partial charge in [-0.1, -0.05) is 51.0 Å². The van der Waals surface area contributed by atoms with Gasteiger partial charge in [0.15, 0.2) is 0 Å². The van der Waals surface area contributed by atoms with Gasteiger partial charge < -0.3 is 0 Å². The maximum atomic E-state index is 2.29. The summed E-state index contributed by atoms with van der Waals surface area (Å²) in [6, 6.07) is 0. The molecule has 0 nitrogen and oxygen atoms in total. The summed E-state index contributed by atoms with van der Waals surface area (Å²) >= 11 is 0. The molecule has 0 rings (SSSR count). The minimum Gasteiger partial charge on any atom is -0.0882 e. The SMILES string of the molecule is CC=C(CC=CCCC)C(C)C. The standard InChI is InChI=1S/C12H22/c1-5-7-8-9-10-12(6-2)11(3)4/h6,8-9,11H,5,7,10H2,1-4H3. The summed E-state index contributed by atoms with van der Waals surface area (Å²) in [4.78, 5) is 0. The summed E-state index contributed by atoms with van der Waals surface area (Å²) in [5.41, 5.74) is 1.54. The normalized spacial score (nSPS) is 13.2. The maximum Gasteiger partial charge on any atom is -0.0136 e. The fourth-order valence-corrected chi connectivity index (χ4v) is 1.19. The molecule has 0 aliphatic rings. The van der Waals surface area contributed by atoms with E-state index in [0.717, 1.165) is 6.42 Å². The molecular formula is C12H22. The Balaban J connectivity index is 3.74. The number of allylic oxidation sites excluding steroid dienone is 4. The molecule has 0 spiro atoms. The lowest BCUT2D eigenvalue weighted by atomic mass is 10.00. The zero-order valence-electron chi connectivity index (χ0n) is 8.93. The van der Waals surface area contributed by atoms with Crippen molar-refractivity contribution in [3.63, 3.8) is 0 Å². The molecule has 70 valence electrons. The molecule has 0 aromatic carbocycles. The van der Waals surface area contributed by atoms with Gasteiger partial charge in [0.25, 0.3) is 0 Å². The summed E-state index contributed by atoms with van der Waals surface area (Å²) < 4.78 is 0. The number of unbranched alkanes of at least 4 members (excludes halogenated alkanes) is 1. The molecule has 0 aliphatic carbocycles. The lowest BCUT2D eigenvalue weighted by molar-refractivity contribution is 0.744. The Morgan fingerprint density at radius 2 is 1.92 bits per heavy atom. The van der Waals surface area contributed by atoms with Crippen molar-refractivity contribution in [2.45, 2.75) is 47.0 Å². The molecule has 0 saturated heterocycles. The largest absolute Gasteiger partial charge is 0.0882 e. The van der Waals surface area contributed by atoms with Crippen LogP contribution < -0.4 is 0 Å². The van der Waals surface area contributed by atoms with Crippen LogP contribution in [-0.2, 0) is 0 Å². The van der Waals surface area contributed by atoms with E-state index in [1.807, 2.05) is 0 Å². The van der Waals surface area contributed by atoms with E-state index in [9.17, 15) is 0 Å². The van der Waals surface area contributed by atoms with Gasteiger partial charge in [-0.25, -0.2) is 0 Å². The predicted octanol–water partition coefficient (Wildman–Crippen LogP) is 4.34. The first kappa shape index (κ1) is 11.5. The van der Waals surface area contributed by atoms with Crippen molar-refractivity contribution in [2.24, 2.45) is 5.92 Å². The van der Waals surface area contributed by atoms with Crippen LogP contribution in [0.25, 0.3) is 0 Å². The van der Waals surface area contributed by atoms with E-state index < -0.39 is 0 Å². The van der Waals surface area contributed by atoms with Gasteiger partial charge in [-0.15, -0.1) is 0 Å². The van der Waals surface area contributed by atoms with Gasteiger partial charge in [0.05, 0.1) is 0 Å². The van der Waals surface area contributed by atoms with E-state index in [2.05, 4.69) is 45.9 Å². The first-order valence-corrected chi connectivity index (χ1v) is 5.02. The minimum atomic E-state index is 0.696. The topological polar surface area (TPSA) is 0 Å². The van der Waals surface area contributed by atoms with Gasteiger partial charge in [0.1, 0.15) is 0 Å². The van der Waals surface area contributed by atoms with E-state index in [-0.39, 0.29) is 0 Å². The molecule has 0 amide bonds. The molecular weight excluding hydrogens is 144 g/mol. The average Bonchev–Trinajstić information content (AvgIpc) is 2.04. The van der Waals surface area contributed by atoms with Gasteiger partial charge >= 0.3 is 0 Å². The fraction of sp³-hybridized carbons (Fsp3) is 0.667. The molecule has 0 saturated carbocycles. The van der Waals surface area contributed by atoms with Crippen molar-refractivity contribution in [1.29, 1.82) is 0 Å². The zero-order valence-corrected chi connectivity index (χ0v) is 8.93. The monoisotopic (exact) mass is 166 g/mol. The Labute approximate surface area is 77.4 Å². The van der Waals surface area contributed by atoms with Crippen molar-refractivity contribution >= 4 is 0 Å². The second kappa shape index (κ2) is 7.15. The van der Waals surface area contributed by atoms with E-state index in [0.29, 0.717) is 5.92 Å². The first-order valence-electron chi connectivity index (χ1n) is 5.02. The third-order valence-corrected chi connectivity index (χ3v) is 2.09. The third kappa shape index (κ3) is 5.17. The second-order valence-corrected chi connectivity index (χ2v) is 3.48. The number of rotatable bonds is 5. The van der Waals surface area contributed by atoms with Crippen LogP contribution in [0.2, 0.25) is 0 Å². The molecule has 0 fully saturated rings. The highest BCUT2D eigenvalue weighted by atomic mass is 14.0. The van der Waals surface area contributed by atoms with Gasteiger partial charge in [0, 0.05) is 0 Å². The smallest absolute Gasteiger partial charge is 0.0136 e. The summed E-state index contributed by atoms with van der Waals surface area (Å²) in [6.45, 7) is 8.85. The average molecular weight is 166 g/mol. The molecule has 0 aromatic rings. The van der Waals surface area contributed by atoms with Crippen molar-refractivity contribution in [3.8, 4) is 0 Å². The second-order valence-electron chi connectivity index (χ2n) is 3.48. The van der Waals surface area contributed by atoms with Crippen molar-refractivity contribution in [2.75, 3.05) is 0 Å². The molecule has 0 heterocycles. The van der Waals surface area contributed by atoms with Crippen LogP contribution in [0.15, 0.2) is 23.8 Å². The molecule has 12 heavy (non-hydrogen) atoms. The number of hydrogen-bond acceptors (Lipinski definition) is 0. The van der Waals surface area contributed by atoms with Crippen molar-refractivity contribution < 1.29 is 0 Å². The highest BCUT2D eigenvalue weighted by Crippen LogP contribution is 2.14. The summed E-state index contributed by atoms with van der Waals surface area (Å²) in [6.07, 6.45) is 10.4. The lowest BCUT2D eigenvalue weighted by Gasteiger charge is -2.07.